The maximum atomic E-state index is 11.8. The molecule has 1 aliphatic carbocycles. The van der Waals surface area contributed by atoms with Crippen LogP contribution in [0.4, 0.5) is 0 Å². The van der Waals surface area contributed by atoms with Crippen LogP contribution in [0.3, 0.4) is 0 Å². The molecule has 0 N–H and O–H groups in total. The van der Waals surface area contributed by atoms with Gasteiger partial charge in [0.1, 0.15) is 5.38 Å². The molecular weight excluding hydrogens is 208 g/mol. The number of Topliss-reactive ketones (excluding diaryl/α,β-unsaturated/α-hetero) is 1. The summed E-state index contributed by atoms with van der Waals surface area (Å²) in [5, 5.41) is -0.452. The Morgan fingerprint density at radius 2 is 2.00 bits per heavy atom. The average Bonchev–Trinajstić information content (AvgIpc) is 2.23. The summed E-state index contributed by atoms with van der Waals surface area (Å²) in [4.78, 5) is 11.8. The number of alkyl halides is 1. The molecule has 0 amide bonds. The third-order valence-electron chi connectivity index (χ3n) is 3.09. The van der Waals surface area contributed by atoms with E-state index in [2.05, 4.69) is 0 Å². The number of ketones is 1. The van der Waals surface area contributed by atoms with Crippen LogP contribution in [-0.4, -0.2) is 5.78 Å². The molecule has 1 aliphatic rings. The fourth-order valence-corrected chi connectivity index (χ4v) is 2.13. The normalized spacial score (nSPS) is 18.2. The van der Waals surface area contributed by atoms with E-state index in [4.69, 9.17) is 11.6 Å². The highest BCUT2D eigenvalue weighted by Crippen LogP contribution is 2.33. The maximum Gasteiger partial charge on any atom is 0.155 e. The third-order valence-corrected chi connectivity index (χ3v) is 3.58. The summed E-state index contributed by atoms with van der Waals surface area (Å²) >= 11 is 6.13. The van der Waals surface area contributed by atoms with Gasteiger partial charge in [0, 0.05) is 6.42 Å². The van der Waals surface area contributed by atoms with Gasteiger partial charge in [-0.1, -0.05) is 49.6 Å². The zero-order valence-corrected chi connectivity index (χ0v) is 9.41. The minimum absolute atomic E-state index is 0.174. The van der Waals surface area contributed by atoms with Crippen LogP contribution in [-0.2, 0) is 4.79 Å². The van der Waals surface area contributed by atoms with Gasteiger partial charge in [-0.15, -0.1) is 11.6 Å². The van der Waals surface area contributed by atoms with Crippen molar-refractivity contribution in [2.24, 2.45) is 5.92 Å². The molecule has 1 aromatic carbocycles. The van der Waals surface area contributed by atoms with Crippen molar-refractivity contribution in [2.75, 3.05) is 0 Å². The van der Waals surface area contributed by atoms with Gasteiger partial charge in [0.05, 0.1) is 0 Å². The van der Waals surface area contributed by atoms with Gasteiger partial charge in [-0.05, 0) is 11.5 Å². The SMILES string of the molecule is O=C(CC1CCC1)C(Cl)c1ccccc1. The molecule has 1 unspecified atom stereocenters. The Hall–Kier alpha value is -0.820. The molecule has 0 aliphatic heterocycles. The zero-order chi connectivity index (χ0) is 10.7. The molecule has 1 saturated carbocycles. The minimum Gasteiger partial charge on any atom is -0.298 e. The van der Waals surface area contributed by atoms with Crippen LogP contribution in [0.15, 0.2) is 30.3 Å². The van der Waals surface area contributed by atoms with E-state index in [0.717, 1.165) is 5.56 Å². The quantitative estimate of drug-likeness (QED) is 0.710. The zero-order valence-electron chi connectivity index (χ0n) is 8.66. The van der Waals surface area contributed by atoms with Gasteiger partial charge >= 0.3 is 0 Å². The molecule has 1 fully saturated rings. The van der Waals surface area contributed by atoms with Crippen molar-refractivity contribution in [3.63, 3.8) is 0 Å². The number of hydrogen-bond donors (Lipinski definition) is 0. The fourth-order valence-electron chi connectivity index (χ4n) is 1.89. The van der Waals surface area contributed by atoms with Gasteiger partial charge in [0.25, 0.3) is 0 Å². The van der Waals surface area contributed by atoms with E-state index in [-0.39, 0.29) is 5.78 Å². The molecule has 0 bridgehead atoms. The maximum absolute atomic E-state index is 11.8. The molecule has 0 aromatic heterocycles. The highest BCUT2D eigenvalue weighted by Gasteiger charge is 2.25. The summed E-state index contributed by atoms with van der Waals surface area (Å²) < 4.78 is 0. The van der Waals surface area contributed by atoms with Gasteiger partial charge in [0.2, 0.25) is 0 Å². The molecule has 0 heterocycles. The van der Waals surface area contributed by atoms with Crippen LogP contribution < -0.4 is 0 Å². The fraction of sp³-hybridized carbons (Fsp3) is 0.462. The standard InChI is InChI=1S/C13H15ClO/c14-13(11-7-2-1-3-8-11)12(15)9-10-5-4-6-10/h1-3,7-8,10,13H,4-6,9H2. The summed E-state index contributed by atoms with van der Waals surface area (Å²) in [5.41, 5.74) is 0.920. The second kappa shape index (κ2) is 4.80. The Morgan fingerprint density at radius 1 is 1.33 bits per heavy atom. The van der Waals surface area contributed by atoms with Gasteiger partial charge in [-0.25, -0.2) is 0 Å². The van der Waals surface area contributed by atoms with E-state index in [9.17, 15) is 4.79 Å². The van der Waals surface area contributed by atoms with E-state index in [0.29, 0.717) is 12.3 Å². The number of benzene rings is 1. The van der Waals surface area contributed by atoms with Crippen molar-refractivity contribution in [1.82, 2.24) is 0 Å². The molecule has 1 nitrogen and oxygen atoms in total. The predicted molar refractivity (Wildman–Crippen MR) is 62.0 cm³/mol. The van der Waals surface area contributed by atoms with Crippen molar-refractivity contribution in [3.05, 3.63) is 35.9 Å². The molecule has 15 heavy (non-hydrogen) atoms. The lowest BCUT2D eigenvalue weighted by Crippen LogP contribution is -2.18. The van der Waals surface area contributed by atoms with Gasteiger partial charge < -0.3 is 0 Å². The van der Waals surface area contributed by atoms with Crippen molar-refractivity contribution < 1.29 is 4.79 Å². The minimum atomic E-state index is -0.452. The molecule has 80 valence electrons. The Kier molecular flexibility index (Phi) is 3.42. The summed E-state index contributed by atoms with van der Waals surface area (Å²) in [6.07, 6.45) is 4.33. The van der Waals surface area contributed by atoms with Crippen LogP contribution in [0, 0.1) is 5.92 Å². The Bertz CT molecular complexity index is 330. The molecule has 2 heteroatoms. The molecule has 0 radical (unpaired) electrons. The third kappa shape index (κ3) is 2.60. The van der Waals surface area contributed by atoms with Crippen LogP contribution in [0.25, 0.3) is 0 Å². The predicted octanol–water partition coefficient (Wildman–Crippen LogP) is 3.73. The van der Waals surface area contributed by atoms with E-state index in [1.54, 1.807) is 0 Å². The van der Waals surface area contributed by atoms with Crippen LogP contribution in [0.2, 0.25) is 0 Å². The monoisotopic (exact) mass is 222 g/mol. The van der Waals surface area contributed by atoms with Crippen LogP contribution in [0.5, 0.6) is 0 Å². The number of rotatable bonds is 4. The van der Waals surface area contributed by atoms with Crippen molar-refractivity contribution in [3.8, 4) is 0 Å². The smallest absolute Gasteiger partial charge is 0.155 e. The van der Waals surface area contributed by atoms with E-state index in [1.165, 1.54) is 19.3 Å². The van der Waals surface area contributed by atoms with Crippen molar-refractivity contribution >= 4 is 17.4 Å². The van der Waals surface area contributed by atoms with Crippen molar-refractivity contribution in [1.29, 1.82) is 0 Å². The molecule has 2 rings (SSSR count). The lowest BCUT2D eigenvalue weighted by Gasteiger charge is -2.25. The number of halogens is 1. The van der Waals surface area contributed by atoms with Crippen molar-refractivity contribution in [2.45, 2.75) is 31.1 Å². The van der Waals surface area contributed by atoms with Gasteiger partial charge in [-0.2, -0.15) is 0 Å². The topological polar surface area (TPSA) is 17.1 Å². The van der Waals surface area contributed by atoms with Crippen LogP contribution >= 0.6 is 11.6 Å². The first-order chi connectivity index (χ1) is 7.27. The van der Waals surface area contributed by atoms with E-state index < -0.39 is 5.38 Å². The Morgan fingerprint density at radius 3 is 2.53 bits per heavy atom. The second-order valence-corrected chi connectivity index (χ2v) is 4.68. The van der Waals surface area contributed by atoms with E-state index in [1.807, 2.05) is 30.3 Å². The summed E-state index contributed by atoms with van der Waals surface area (Å²) in [6, 6.07) is 9.60. The second-order valence-electron chi connectivity index (χ2n) is 4.24. The first-order valence-electron chi connectivity index (χ1n) is 5.49. The summed E-state index contributed by atoms with van der Waals surface area (Å²) in [6.45, 7) is 0. The molecule has 0 saturated heterocycles. The lowest BCUT2D eigenvalue weighted by atomic mass is 9.81. The highest BCUT2D eigenvalue weighted by atomic mass is 35.5. The van der Waals surface area contributed by atoms with E-state index >= 15 is 0 Å². The Balaban J connectivity index is 1.94. The molecule has 1 aromatic rings. The average molecular weight is 223 g/mol. The molecular formula is C13H15ClO. The first kappa shape index (κ1) is 10.7. The first-order valence-corrected chi connectivity index (χ1v) is 5.93. The number of carbonyl (C=O) groups is 1. The van der Waals surface area contributed by atoms with Gasteiger partial charge in [0.15, 0.2) is 5.78 Å². The molecule has 0 spiro atoms. The Labute approximate surface area is 95.4 Å². The number of carbonyl (C=O) groups excluding carboxylic acids is 1. The summed E-state index contributed by atoms with van der Waals surface area (Å²) in [7, 11) is 0. The van der Waals surface area contributed by atoms with Gasteiger partial charge in [-0.3, -0.25) is 4.79 Å². The largest absolute Gasteiger partial charge is 0.298 e. The summed E-state index contributed by atoms with van der Waals surface area (Å²) in [5.74, 6) is 0.773. The highest BCUT2D eigenvalue weighted by molar-refractivity contribution is 6.31. The number of hydrogen-bond acceptors (Lipinski definition) is 1. The van der Waals surface area contributed by atoms with Crippen LogP contribution in [0.1, 0.15) is 36.6 Å². The lowest BCUT2D eigenvalue weighted by molar-refractivity contribution is -0.120. The molecule has 1 atom stereocenters.